The number of alkyl halides is 1. The second-order valence-corrected chi connectivity index (χ2v) is 10.6. The number of benzene rings is 2. The molecular formula is C26H29BrN2O6. The van der Waals surface area contributed by atoms with Gasteiger partial charge in [-0.25, -0.2) is 0 Å². The topological polar surface area (TPSA) is 105 Å². The van der Waals surface area contributed by atoms with E-state index in [4.69, 9.17) is 9.47 Å². The second kappa shape index (κ2) is 9.52. The number of nitrogens with zero attached hydrogens (tertiary/aromatic N) is 1. The zero-order valence-electron chi connectivity index (χ0n) is 19.5. The van der Waals surface area contributed by atoms with Crippen molar-refractivity contribution >= 4 is 50.2 Å². The minimum absolute atomic E-state index is 0.00193. The highest BCUT2D eigenvalue weighted by Gasteiger charge is 2.76. The number of aliphatic hydroxyl groups excluding tert-OH is 1. The van der Waals surface area contributed by atoms with Gasteiger partial charge in [0.1, 0.15) is 11.6 Å². The average Bonchev–Trinajstić information content (AvgIpc) is 3.43. The maximum absolute atomic E-state index is 13.8. The lowest BCUT2D eigenvalue weighted by atomic mass is 9.70. The molecule has 2 N–H and O–H groups in total. The number of hydrogen-bond acceptors (Lipinski definition) is 6. The number of ether oxygens (including phenoxy) is 2. The molecule has 3 unspecified atom stereocenters. The summed E-state index contributed by atoms with van der Waals surface area (Å²) in [7, 11) is 0. The molecule has 1 spiro atoms. The lowest BCUT2D eigenvalue weighted by Crippen LogP contribution is -2.54. The number of rotatable bonds is 8. The molecule has 3 aliphatic rings. The number of amides is 2. The first-order valence-electron chi connectivity index (χ1n) is 12.1. The van der Waals surface area contributed by atoms with Gasteiger partial charge in [0.2, 0.25) is 11.8 Å². The van der Waals surface area contributed by atoms with E-state index in [9.17, 15) is 19.5 Å². The third-order valence-corrected chi connectivity index (χ3v) is 8.27. The monoisotopic (exact) mass is 544 g/mol. The van der Waals surface area contributed by atoms with Crippen LogP contribution in [0.25, 0.3) is 10.8 Å². The molecule has 3 saturated heterocycles. The molecule has 0 aromatic heterocycles. The number of aliphatic hydroxyl groups is 1. The van der Waals surface area contributed by atoms with Gasteiger partial charge in [0.05, 0.1) is 24.5 Å². The first kappa shape index (κ1) is 24.2. The highest BCUT2D eigenvalue weighted by atomic mass is 79.9. The number of hydrogen-bond donors (Lipinski definition) is 2. The largest absolute Gasteiger partial charge is 0.466 e. The molecule has 8 nitrogen and oxygen atoms in total. The van der Waals surface area contributed by atoms with Gasteiger partial charge in [0, 0.05) is 23.7 Å². The van der Waals surface area contributed by atoms with E-state index in [-0.39, 0.29) is 29.9 Å². The second-order valence-electron chi connectivity index (χ2n) is 9.43. The molecule has 0 radical (unpaired) electrons. The number of anilines is 1. The third-order valence-electron chi connectivity index (χ3n) is 7.42. The van der Waals surface area contributed by atoms with Gasteiger partial charge in [-0.1, -0.05) is 46.3 Å². The zero-order valence-corrected chi connectivity index (χ0v) is 21.1. The van der Waals surface area contributed by atoms with Crippen molar-refractivity contribution in [2.24, 2.45) is 11.8 Å². The van der Waals surface area contributed by atoms with Crippen LogP contribution in [0.1, 0.15) is 26.2 Å². The molecule has 35 heavy (non-hydrogen) atoms. The van der Waals surface area contributed by atoms with Crippen molar-refractivity contribution in [2.45, 2.75) is 48.8 Å². The van der Waals surface area contributed by atoms with E-state index in [2.05, 4.69) is 21.2 Å². The van der Waals surface area contributed by atoms with Crippen LogP contribution < -0.4 is 5.32 Å². The fourth-order valence-electron chi connectivity index (χ4n) is 6.05. The van der Waals surface area contributed by atoms with E-state index < -0.39 is 35.6 Å². The van der Waals surface area contributed by atoms with Crippen molar-refractivity contribution in [3.05, 3.63) is 42.5 Å². The molecule has 3 fully saturated rings. The summed E-state index contributed by atoms with van der Waals surface area (Å²) in [6.45, 7) is 2.22. The summed E-state index contributed by atoms with van der Waals surface area (Å²) in [4.78, 5) is 41.8. The molecule has 2 aromatic carbocycles. The minimum atomic E-state index is -1.12. The van der Waals surface area contributed by atoms with Crippen LogP contribution >= 0.6 is 15.9 Å². The Morgan fingerprint density at radius 3 is 2.74 bits per heavy atom. The summed E-state index contributed by atoms with van der Waals surface area (Å²) in [5, 5.41) is 14.3. The molecule has 2 amide bonds. The predicted octanol–water partition coefficient (Wildman–Crippen LogP) is 2.86. The van der Waals surface area contributed by atoms with E-state index in [1.165, 1.54) is 0 Å². The summed E-state index contributed by atoms with van der Waals surface area (Å²) in [5.41, 5.74) is -0.491. The van der Waals surface area contributed by atoms with Crippen LogP contribution in [-0.4, -0.2) is 70.1 Å². The van der Waals surface area contributed by atoms with Crippen molar-refractivity contribution < 1.29 is 29.0 Å². The van der Waals surface area contributed by atoms with Gasteiger partial charge in [-0.3, -0.25) is 14.4 Å². The van der Waals surface area contributed by atoms with Crippen LogP contribution in [0.3, 0.4) is 0 Å². The fraction of sp³-hybridized carbons (Fsp3) is 0.500. The predicted molar refractivity (Wildman–Crippen MR) is 133 cm³/mol. The number of unbranched alkanes of at least 4 members (excludes halogenated alkanes) is 1. The van der Waals surface area contributed by atoms with Crippen molar-refractivity contribution in [2.75, 3.05) is 25.1 Å². The molecule has 186 valence electrons. The molecule has 5 rings (SSSR count). The normalized spacial score (nSPS) is 31.1. The molecule has 0 saturated carbocycles. The Labute approximate surface area is 212 Å². The van der Waals surface area contributed by atoms with Gasteiger partial charge >= 0.3 is 5.97 Å². The van der Waals surface area contributed by atoms with E-state index in [1.54, 1.807) is 11.8 Å². The fourth-order valence-corrected chi connectivity index (χ4v) is 6.99. The number of fused-ring (bicyclic) bond motifs is 2. The highest BCUT2D eigenvalue weighted by molar-refractivity contribution is 9.09. The first-order valence-corrected chi connectivity index (χ1v) is 13.0. The Morgan fingerprint density at radius 1 is 1.23 bits per heavy atom. The summed E-state index contributed by atoms with van der Waals surface area (Å²) in [5.74, 6) is -2.61. The lowest BCUT2D eigenvalue weighted by Gasteiger charge is -2.34. The SMILES string of the molecule is CCOC(=O)[C@H]1[C@@H]2OC3(CC2Br)C(C(=O)Nc2ccc4ccccc4c2)N(CCCCO)C(=O)[C@H]13. The van der Waals surface area contributed by atoms with E-state index in [0.29, 0.717) is 31.5 Å². The Bertz CT molecular complexity index is 1160. The maximum Gasteiger partial charge on any atom is 0.312 e. The van der Waals surface area contributed by atoms with E-state index in [1.807, 2.05) is 42.5 Å². The van der Waals surface area contributed by atoms with E-state index >= 15 is 0 Å². The standard InChI is InChI=1S/C26H29BrN2O6/c1-2-34-25(33)19-20-24(32)29(11-5-6-12-30)22(26(20)14-18(27)21(19)35-26)23(31)28-17-10-9-15-7-3-4-8-16(15)13-17/h3-4,7-10,13,18-22,30H,2,5-6,11-12,14H2,1H3,(H,28,31)/t18?,19-,20+,21-,22?,26?/m1/s1. The number of carbonyl (C=O) groups excluding carboxylic acids is 3. The molecular weight excluding hydrogens is 516 g/mol. The summed E-state index contributed by atoms with van der Waals surface area (Å²) >= 11 is 3.63. The van der Waals surface area contributed by atoms with Gasteiger partial charge in [0.25, 0.3) is 0 Å². The number of nitrogens with one attached hydrogen (secondary N) is 1. The van der Waals surface area contributed by atoms with E-state index in [0.717, 1.165) is 10.8 Å². The van der Waals surface area contributed by atoms with Crippen LogP contribution in [0.4, 0.5) is 5.69 Å². The number of esters is 1. The molecule has 6 atom stereocenters. The molecule has 2 aromatic rings. The summed E-state index contributed by atoms with van der Waals surface area (Å²) in [6, 6.07) is 12.6. The van der Waals surface area contributed by atoms with Crippen molar-refractivity contribution in [3.8, 4) is 0 Å². The Hall–Kier alpha value is -2.49. The molecule has 3 aliphatic heterocycles. The van der Waals surface area contributed by atoms with Crippen LogP contribution in [0.2, 0.25) is 0 Å². The van der Waals surface area contributed by atoms with Gasteiger partial charge < -0.3 is 24.8 Å². The summed E-state index contributed by atoms with van der Waals surface area (Å²) in [6.07, 6.45) is 0.956. The van der Waals surface area contributed by atoms with Gasteiger partial charge in [-0.15, -0.1) is 0 Å². The Balaban J connectivity index is 1.49. The highest BCUT2D eigenvalue weighted by Crippen LogP contribution is 2.60. The number of carbonyl (C=O) groups is 3. The third kappa shape index (κ3) is 3.93. The number of likely N-dealkylation sites (tertiary alicyclic amines) is 1. The van der Waals surface area contributed by atoms with Gasteiger partial charge in [0.15, 0.2) is 0 Å². The van der Waals surface area contributed by atoms with Crippen LogP contribution in [0.5, 0.6) is 0 Å². The minimum Gasteiger partial charge on any atom is -0.466 e. The van der Waals surface area contributed by atoms with Crippen molar-refractivity contribution in [3.63, 3.8) is 0 Å². The lowest BCUT2D eigenvalue weighted by molar-refractivity contribution is -0.154. The quantitative estimate of drug-likeness (QED) is 0.301. The Kier molecular flexibility index (Phi) is 6.59. The zero-order chi connectivity index (χ0) is 24.7. The van der Waals surface area contributed by atoms with Crippen LogP contribution in [0, 0.1) is 11.8 Å². The van der Waals surface area contributed by atoms with Crippen molar-refractivity contribution in [1.29, 1.82) is 0 Å². The molecule has 0 aliphatic carbocycles. The summed E-state index contributed by atoms with van der Waals surface area (Å²) < 4.78 is 11.7. The molecule has 2 bridgehead atoms. The smallest absolute Gasteiger partial charge is 0.312 e. The Morgan fingerprint density at radius 2 is 2.00 bits per heavy atom. The van der Waals surface area contributed by atoms with Crippen LogP contribution in [-0.2, 0) is 23.9 Å². The molecule has 9 heteroatoms. The molecule has 3 heterocycles. The van der Waals surface area contributed by atoms with Crippen LogP contribution in [0.15, 0.2) is 42.5 Å². The first-order chi connectivity index (χ1) is 16.9. The van der Waals surface area contributed by atoms with Gasteiger partial charge in [-0.2, -0.15) is 0 Å². The van der Waals surface area contributed by atoms with Crippen molar-refractivity contribution in [1.82, 2.24) is 4.90 Å². The maximum atomic E-state index is 13.8. The average molecular weight is 545 g/mol. The number of halogens is 1. The van der Waals surface area contributed by atoms with Gasteiger partial charge in [-0.05, 0) is 49.1 Å².